The van der Waals surface area contributed by atoms with E-state index >= 15 is 0 Å². The van der Waals surface area contributed by atoms with E-state index in [0.717, 1.165) is 69.8 Å². The maximum absolute atomic E-state index is 12.0. The predicted molar refractivity (Wildman–Crippen MR) is 154 cm³/mol. The Labute approximate surface area is 241 Å². The molecule has 5 fully saturated rings. The fourth-order valence-electron chi connectivity index (χ4n) is 12.0. The van der Waals surface area contributed by atoms with Gasteiger partial charge in [-0.15, -0.1) is 0 Å². The van der Waals surface area contributed by atoms with Gasteiger partial charge in [-0.2, -0.15) is 0 Å². The summed E-state index contributed by atoms with van der Waals surface area (Å²) < 4.78 is 11.2. The number of ether oxygens (including phenoxy) is 2. The Hall–Kier alpha value is -1.40. The van der Waals surface area contributed by atoms with Crippen LogP contribution in [0.5, 0.6) is 0 Å². The van der Waals surface area contributed by atoms with Crippen LogP contribution in [0.15, 0.2) is 12.2 Å². The highest BCUT2D eigenvalue weighted by Gasteiger charge is 2.71. The summed E-state index contributed by atoms with van der Waals surface area (Å²) in [6.45, 7) is 18.0. The summed E-state index contributed by atoms with van der Waals surface area (Å²) in [5, 5.41) is 21.5. The molecule has 5 rings (SSSR count). The average molecular weight is 559 g/mol. The Balaban J connectivity index is 1.51. The fourth-order valence-corrected chi connectivity index (χ4v) is 12.0. The van der Waals surface area contributed by atoms with Crippen molar-refractivity contribution in [3.8, 4) is 0 Å². The van der Waals surface area contributed by atoms with Crippen LogP contribution in [0.1, 0.15) is 106 Å². The van der Waals surface area contributed by atoms with Gasteiger partial charge in [0.05, 0.1) is 19.3 Å². The van der Waals surface area contributed by atoms with Crippen LogP contribution in [0, 0.1) is 56.7 Å². The second-order valence-corrected chi connectivity index (χ2v) is 15.6. The first-order valence-corrected chi connectivity index (χ1v) is 15.9. The molecule has 40 heavy (non-hydrogen) atoms. The molecule has 11 atom stereocenters. The van der Waals surface area contributed by atoms with E-state index in [0.29, 0.717) is 30.3 Å². The van der Waals surface area contributed by atoms with Gasteiger partial charge in [0.1, 0.15) is 6.61 Å². The van der Waals surface area contributed by atoms with Gasteiger partial charge in [-0.3, -0.25) is 9.59 Å². The highest BCUT2D eigenvalue weighted by Crippen LogP contribution is 2.77. The summed E-state index contributed by atoms with van der Waals surface area (Å²) in [7, 11) is 0. The molecule has 0 heterocycles. The van der Waals surface area contributed by atoms with Crippen molar-refractivity contribution in [1.82, 2.24) is 0 Å². The zero-order valence-electron chi connectivity index (χ0n) is 25.9. The third-order valence-corrected chi connectivity index (χ3v) is 14.3. The molecule has 5 saturated carbocycles. The summed E-state index contributed by atoms with van der Waals surface area (Å²) in [5.41, 5.74) is 0.897. The van der Waals surface area contributed by atoms with E-state index in [2.05, 4.69) is 34.3 Å². The number of hydrogen-bond donors (Lipinski definition) is 2. The lowest BCUT2D eigenvalue weighted by Crippen LogP contribution is -2.67. The maximum Gasteiger partial charge on any atom is 0.302 e. The zero-order valence-corrected chi connectivity index (χ0v) is 25.9. The van der Waals surface area contributed by atoms with Crippen molar-refractivity contribution < 1.29 is 29.3 Å². The number of carbonyl (C=O) groups excluding carboxylic acids is 2. The van der Waals surface area contributed by atoms with Gasteiger partial charge in [0.15, 0.2) is 0 Å². The Kier molecular flexibility index (Phi) is 7.60. The third kappa shape index (κ3) is 4.16. The highest BCUT2D eigenvalue weighted by atomic mass is 16.5. The molecule has 2 N–H and O–H groups in total. The molecule has 0 aliphatic heterocycles. The summed E-state index contributed by atoms with van der Waals surface area (Å²) in [6, 6.07) is 0. The molecule has 226 valence electrons. The highest BCUT2D eigenvalue weighted by molar-refractivity contribution is 5.66. The maximum atomic E-state index is 12.0. The molecular formula is C34H54O6. The lowest BCUT2D eigenvalue weighted by atomic mass is 9.32. The van der Waals surface area contributed by atoms with Crippen LogP contribution in [0.2, 0.25) is 0 Å². The van der Waals surface area contributed by atoms with Crippen LogP contribution in [0.25, 0.3) is 0 Å². The van der Waals surface area contributed by atoms with Gasteiger partial charge in [-0.1, -0.05) is 34.3 Å². The first-order chi connectivity index (χ1) is 18.7. The third-order valence-electron chi connectivity index (χ3n) is 14.3. The van der Waals surface area contributed by atoms with Gasteiger partial charge >= 0.3 is 11.9 Å². The molecule has 0 amide bonds. The number of aliphatic hydroxyl groups excluding tert-OH is 2. The van der Waals surface area contributed by atoms with E-state index in [9.17, 15) is 19.8 Å². The second kappa shape index (κ2) is 10.1. The minimum atomic E-state index is -0.442. The van der Waals surface area contributed by atoms with Gasteiger partial charge in [0.2, 0.25) is 0 Å². The zero-order chi connectivity index (χ0) is 29.3. The lowest BCUT2D eigenvalue weighted by Gasteiger charge is -2.73. The van der Waals surface area contributed by atoms with Crippen molar-refractivity contribution in [2.24, 2.45) is 56.7 Å². The quantitative estimate of drug-likeness (QED) is 0.303. The Morgan fingerprint density at radius 2 is 1.52 bits per heavy atom. The van der Waals surface area contributed by atoms with Crippen LogP contribution in [-0.4, -0.2) is 48.1 Å². The molecule has 5 aliphatic carbocycles. The van der Waals surface area contributed by atoms with Crippen LogP contribution < -0.4 is 0 Å². The van der Waals surface area contributed by atoms with E-state index < -0.39 is 11.5 Å². The summed E-state index contributed by atoms with van der Waals surface area (Å²) in [6.07, 6.45) is 10.0. The molecule has 0 spiro atoms. The van der Waals surface area contributed by atoms with Crippen molar-refractivity contribution >= 4 is 11.9 Å². The van der Waals surface area contributed by atoms with Crippen molar-refractivity contribution in [2.45, 2.75) is 112 Å². The van der Waals surface area contributed by atoms with Crippen LogP contribution >= 0.6 is 0 Å². The smallest absolute Gasteiger partial charge is 0.302 e. The minimum absolute atomic E-state index is 0.0462. The summed E-state index contributed by atoms with van der Waals surface area (Å²) in [4.78, 5) is 23.6. The van der Waals surface area contributed by atoms with Crippen LogP contribution in [0.4, 0.5) is 0 Å². The van der Waals surface area contributed by atoms with Gasteiger partial charge in [0.25, 0.3) is 0 Å². The molecule has 3 unspecified atom stereocenters. The SMILES string of the molecule is C=C(COC(C)=O)[C@@H]1CC[C@]2(COC(C)=O)CC[C@]3(C)C(CCC4[C@@]5(C)CC[C@H](O)[C@@](C)(CO)[C@@H]5CC[C@]43C)C12. The first kappa shape index (κ1) is 30.1. The molecule has 0 saturated heterocycles. The predicted octanol–water partition coefficient (Wildman–Crippen LogP) is 6.08. The number of rotatable bonds is 6. The van der Waals surface area contributed by atoms with E-state index in [1.54, 1.807) is 0 Å². The lowest BCUT2D eigenvalue weighted by molar-refractivity contribution is -0.255. The molecule has 6 heteroatoms. The molecule has 0 aromatic heterocycles. The normalized spacial score (nSPS) is 49.6. The summed E-state index contributed by atoms with van der Waals surface area (Å²) >= 11 is 0. The molecule has 0 aromatic rings. The molecular weight excluding hydrogens is 504 g/mol. The van der Waals surface area contributed by atoms with E-state index in [-0.39, 0.29) is 52.7 Å². The van der Waals surface area contributed by atoms with Crippen LogP contribution in [0.3, 0.4) is 0 Å². The van der Waals surface area contributed by atoms with E-state index in [1.165, 1.54) is 13.8 Å². The van der Waals surface area contributed by atoms with Crippen molar-refractivity contribution in [1.29, 1.82) is 0 Å². The fraction of sp³-hybridized carbons (Fsp3) is 0.882. The minimum Gasteiger partial charge on any atom is -0.465 e. The van der Waals surface area contributed by atoms with E-state index in [1.807, 2.05) is 0 Å². The topological polar surface area (TPSA) is 93.1 Å². The van der Waals surface area contributed by atoms with Gasteiger partial charge in [-0.05, 0) is 116 Å². The number of aliphatic hydroxyl groups is 2. The number of fused-ring (bicyclic) bond motifs is 7. The Morgan fingerprint density at radius 1 is 0.825 bits per heavy atom. The van der Waals surface area contributed by atoms with Crippen LogP contribution in [-0.2, 0) is 19.1 Å². The number of hydrogen-bond acceptors (Lipinski definition) is 6. The van der Waals surface area contributed by atoms with E-state index in [4.69, 9.17) is 9.47 Å². The monoisotopic (exact) mass is 558 g/mol. The largest absolute Gasteiger partial charge is 0.465 e. The Morgan fingerprint density at radius 3 is 2.17 bits per heavy atom. The van der Waals surface area contributed by atoms with Crippen molar-refractivity contribution in [3.05, 3.63) is 12.2 Å². The van der Waals surface area contributed by atoms with Crippen molar-refractivity contribution in [2.75, 3.05) is 19.8 Å². The number of esters is 2. The molecule has 0 radical (unpaired) electrons. The molecule has 5 aliphatic rings. The standard InChI is InChI=1S/C34H54O6/c1-21(18-39-22(2)36)24-10-15-34(20-40-23(3)37)17-16-32(6)25(29(24)34)8-9-27-30(4)13-12-28(38)31(5,19-35)26(30)11-14-33(27,32)7/h24-29,35,38H,1,8-20H2,2-7H3/t24-,25?,26+,27?,28-,29?,30-,31-,32+,33+,34+/m0/s1. The Bertz CT molecular complexity index is 1040. The average Bonchev–Trinajstić information content (AvgIpc) is 3.29. The van der Waals surface area contributed by atoms with Gasteiger partial charge in [-0.25, -0.2) is 0 Å². The summed E-state index contributed by atoms with van der Waals surface area (Å²) in [5.74, 6) is 1.48. The second-order valence-electron chi connectivity index (χ2n) is 15.6. The van der Waals surface area contributed by atoms with Gasteiger partial charge < -0.3 is 19.7 Å². The van der Waals surface area contributed by atoms with Crippen molar-refractivity contribution in [3.63, 3.8) is 0 Å². The molecule has 0 aromatic carbocycles. The van der Waals surface area contributed by atoms with Gasteiger partial charge in [0, 0.05) is 24.7 Å². The molecule has 6 nitrogen and oxygen atoms in total. The first-order valence-electron chi connectivity index (χ1n) is 15.9. The molecule has 0 bridgehead atoms. The number of carbonyl (C=O) groups is 2.